The van der Waals surface area contributed by atoms with Gasteiger partial charge in [-0.05, 0) is 49.1 Å². The summed E-state index contributed by atoms with van der Waals surface area (Å²) in [5, 5.41) is 0. The Morgan fingerprint density at radius 2 is 1.61 bits per heavy atom. The van der Waals surface area contributed by atoms with Gasteiger partial charge in [0.15, 0.2) is 0 Å². The molecule has 1 heterocycles. The van der Waals surface area contributed by atoms with Crippen LogP contribution in [0.5, 0.6) is 0 Å². The first kappa shape index (κ1) is 22.1. The van der Waals surface area contributed by atoms with Crippen molar-refractivity contribution in [2.75, 3.05) is 40.3 Å². The number of likely N-dealkylation sites (N-methyl/N-ethyl adjacent to an activating group) is 1. The van der Waals surface area contributed by atoms with Crippen LogP contribution < -0.4 is 0 Å². The van der Waals surface area contributed by atoms with Crippen molar-refractivity contribution in [2.24, 2.45) is 5.92 Å². The van der Waals surface area contributed by atoms with E-state index in [9.17, 15) is 0 Å². The molecule has 1 saturated heterocycles. The molecule has 0 N–H and O–H groups in total. The van der Waals surface area contributed by atoms with E-state index >= 15 is 0 Å². The van der Waals surface area contributed by atoms with Gasteiger partial charge in [0.25, 0.3) is 0 Å². The summed E-state index contributed by atoms with van der Waals surface area (Å²) in [7, 11) is 3.94. The first-order chi connectivity index (χ1) is 15.2. The third kappa shape index (κ3) is 5.76. The second kappa shape index (κ2) is 10.9. The van der Waals surface area contributed by atoms with Crippen molar-refractivity contribution >= 4 is 0 Å². The van der Waals surface area contributed by atoms with Gasteiger partial charge in [-0.15, -0.1) is 0 Å². The maximum absolute atomic E-state index is 6.51. The molecule has 31 heavy (non-hydrogen) atoms. The van der Waals surface area contributed by atoms with Gasteiger partial charge in [0, 0.05) is 38.1 Å². The molecule has 1 aliphatic heterocycles. The van der Waals surface area contributed by atoms with Crippen LogP contribution in [0.4, 0.5) is 0 Å². The number of rotatable bonds is 8. The Kier molecular flexibility index (Phi) is 7.79. The molecule has 2 fully saturated rings. The highest BCUT2D eigenvalue weighted by atomic mass is 16.5. The molecule has 1 aliphatic carbocycles. The topological polar surface area (TPSA) is 24.9 Å². The van der Waals surface area contributed by atoms with Gasteiger partial charge in [0.05, 0.1) is 26.1 Å². The van der Waals surface area contributed by atoms with E-state index in [1.54, 1.807) is 7.11 Å². The molecule has 2 aromatic carbocycles. The second-order valence-corrected chi connectivity index (χ2v) is 8.90. The van der Waals surface area contributed by atoms with Crippen molar-refractivity contribution in [1.29, 1.82) is 0 Å². The fourth-order valence-electron chi connectivity index (χ4n) is 5.07. The quantitative estimate of drug-likeness (QED) is 0.572. The smallest absolute Gasteiger partial charge is 0.0784 e. The Labute approximate surface area is 187 Å². The van der Waals surface area contributed by atoms with Crippen LogP contribution in [0.25, 0.3) is 11.1 Å². The number of benzene rings is 2. The van der Waals surface area contributed by atoms with Gasteiger partial charge in [0.1, 0.15) is 0 Å². The van der Waals surface area contributed by atoms with E-state index in [4.69, 9.17) is 9.47 Å². The van der Waals surface area contributed by atoms with Crippen molar-refractivity contribution in [1.82, 2.24) is 9.80 Å². The lowest BCUT2D eigenvalue weighted by Crippen LogP contribution is -2.50. The normalized spacial score (nSPS) is 25.3. The molecular formula is C27H36N2O2. The molecule has 3 atom stereocenters. The summed E-state index contributed by atoms with van der Waals surface area (Å²) in [5.41, 5.74) is 3.75. The summed E-state index contributed by atoms with van der Waals surface area (Å²) in [4.78, 5) is 5.13. The average Bonchev–Trinajstić information content (AvgIpc) is 3.22. The molecule has 0 unspecified atom stereocenters. The molecular weight excluding hydrogens is 384 g/mol. The molecule has 0 amide bonds. The van der Waals surface area contributed by atoms with Gasteiger partial charge >= 0.3 is 0 Å². The number of methoxy groups -OCH3 is 1. The standard InChI is InChI=1S/C27H36N2O2/c1-28-16-18-29(19-17-28)26-14-15-27(25(26)9-6-20-30-2)31-21-22-10-12-24(13-11-22)23-7-4-3-5-8-23/h3-8,10-13,20,25-27H,9,14-19,21H2,1-2H3/t25-,26+,27+/m0/s1. The van der Waals surface area contributed by atoms with Crippen LogP contribution in [-0.2, 0) is 16.1 Å². The highest BCUT2D eigenvalue weighted by Crippen LogP contribution is 2.36. The van der Waals surface area contributed by atoms with E-state index in [1.807, 2.05) is 6.26 Å². The van der Waals surface area contributed by atoms with Crippen LogP contribution >= 0.6 is 0 Å². The first-order valence-electron chi connectivity index (χ1n) is 11.6. The van der Waals surface area contributed by atoms with Crippen LogP contribution in [0.15, 0.2) is 66.9 Å². The number of hydrogen-bond donors (Lipinski definition) is 0. The summed E-state index contributed by atoms with van der Waals surface area (Å²) in [5.74, 6) is 0.526. The van der Waals surface area contributed by atoms with E-state index in [2.05, 4.69) is 77.5 Å². The Morgan fingerprint density at radius 1 is 0.903 bits per heavy atom. The van der Waals surface area contributed by atoms with Crippen molar-refractivity contribution in [2.45, 2.75) is 38.0 Å². The molecule has 166 valence electrons. The van der Waals surface area contributed by atoms with Gasteiger partial charge in [-0.3, -0.25) is 4.90 Å². The van der Waals surface area contributed by atoms with Gasteiger partial charge in [-0.1, -0.05) is 54.6 Å². The summed E-state index contributed by atoms with van der Waals surface area (Å²) < 4.78 is 11.7. The van der Waals surface area contributed by atoms with Gasteiger partial charge in [0.2, 0.25) is 0 Å². The SMILES string of the molecule is COC=CC[C@H]1[C@H](N2CCN(C)CC2)CC[C@H]1OCc1ccc(-c2ccccc2)cc1. The summed E-state index contributed by atoms with van der Waals surface area (Å²) >= 11 is 0. The molecule has 2 aliphatic rings. The fourth-order valence-corrected chi connectivity index (χ4v) is 5.07. The molecule has 0 bridgehead atoms. The van der Waals surface area contributed by atoms with Gasteiger partial charge in [-0.25, -0.2) is 0 Å². The van der Waals surface area contributed by atoms with Crippen molar-refractivity contribution in [3.05, 3.63) is 72.5 Å². The monoisotopic (exact) mass is 420 g/mol. The van der Waals surface area contributed by atoms with Gasteiger partial charge < -0.3 is 14.4 Å². The number of allylic oxidation sites excluding steroid dienone is 1. The molecule has 0 radical (unpaired) electrons. The predicted octanol–water partition coefficient (Wildman–Crippen LogP) is 4.82. The van der Waals surface area contributed by atoms with Crippen LogP contribution in [0.2, 0.25) is 0 Å². The predicted molar refractivity (Wildman–Crippen MR) is 127 cm³/mol. The zero-order valence-corrected chi connectivity index (χ0v) is 19.0. The Balaban J connectivity index is 1.37. The van der Waals surface area contributed by atoms with Crippen molar-refractivity contribution < 1.29 is 9.47 Å². The molecule has 2 aromatic rings. The minimum atomic E-state index is 0.306. The number of nitrogens with zero attached hydrogens (tertiary/aromatic N) is 2. The van der Waals surface area contributed by atoms with E-state index in [0.717, 1.165) is 25.9 Å². The highest BCUT2D eigenvalue weighted by Gasteiger charge is 2.39. The third-order valence-electron chi connectivity index (χ3n) is 6.89. The van der Waals surface area contributed by atoms with Gasteiger partial charge in [-0.2, -0.15) is 0 Å². The molecule has 4 heteroatoms. The number of hydrogen-bond acceptors (Lipinski definition) is 4. The lowest BCUT2D eigenvalue weighted by molar-refractivity contribution is -0.00331. The minimum absolute atomic E-state index is 0.306. The number of ether oxygens (including phenoxy) is 2. The zero-order valence-electron chi connectivity index (χ0n) is 19.0. The van der Waals surface area contributed by atoms with Crippen molar-refractivity contribution in [3.63, 3.8) is 0 Å². The van der Waals surface area contributed by atoms with Crippen LogP contribution in [0.3, 0.4) is 0 Å². The lowest BCUT2D eigenvalue weighted by Gasteiger charge is -2.39. The minimum Gasteiger partial charge on any atom is -0.505 e. The largest absolute Gasteiger partial charge is 0.505 e. The van der Waals surface area contributed by atoms with Crippen LogP contribution in [0.1, 0.15) is 24.8 Å². The average molecular weight is 421 g/mol. The zero-order chi connectivity index (χ0) is 21.5. The molecule has 4 nitrogen and oxygen atoms in total. The maximum Gasteiger partial charge on any atom is 0.0784 e. The summed E-state index contributed by atoms with van der Waals surface area (Å²) in [6, 6.07) is 20.0. The number of piperazine rings is 1. The highest BCUT2D eigenvalue weighted by molar-refractivity contribution is 5.63. The Hall–Kier alpha value is -2.14. The Bertz CT molecular complexity index is 813. The summed E-state index contributed by atoms with van der Waals surface area (Å²) in [6.45, 7) is 5.34. The van der Waals surface area contributed by atoms with E-state index < -0.39 is 0 Å². The van der Waals surface area contributed by atoms with E-state index in [-0.39, 0.29) is 0 Å². The fraction of sp³-hybridized carbons (Fsp3) is 0.481. The maximum atomic E-state index is 6.51. The summed E-state index contributed by atoms with van der Waals surface area (Å²) in [6.07, 6.45) is 7.68. The van der Waals surface area contributed by atoms with Crippen molar-refractivity contribution in [3.8, 4) is 11.1 Å². The first-order valence-corrected chi connectivity index (χ1v) is 11.6. The second-order valence-electron chi connectivity index (χ2n) is 8.90. The molecule has 0 spiro atoms. The molecule has 1 saturated carbocycles. The molecule has 4 rings (SSSR count). The van der Waals surface area contributed by atoms with E-state index in [0.29, 0.717) is 24.7 Å². The lowest BCUT2D eigenvalue weighted by atomic mass is 9.95. The Morgan fingerprint density at radius 3 is 2.32 bits per heavy atom. The van der Waals surface area contributed by atoms with Crippen LogP contribution in [0, 0.1) is 5.92 Å². The molecule has 0 aromatic heterocycles. The van der Waals surface area contributed by atoms with E-state index in [1.165, 1.54) is 36.2 Å². The van der Waals surface area contributed by atoms with Crippen LogP contribution in [-0.4, -0.2) is 62.3 Å². The third-order valence-corrected chi connectivity index (χ3v) is 6.89.